The number of hydrogen-bond acceptors (Lipinski definition) is 1. The second-order valence-electron chi connectivity index (χ2n) is 6.96. The van der Waals surface area contributed by atoms with Crippen LogP contribution in [-0.4, -0.2) is 11.1 Å². The number of carboxylic acids is 1. The zero-order valence-electron chi connectivity index (χ0n) is 16.2. The molecule has 1 atom stereocenters. The molecule has 0 amide bonds. The van der Waals surface area contributed by atoms with E-state index < -0.39 is 13.2 Å². The van der Waals surface area contributed by atoms with Crippen molar-refractivity contribution in [2.45, 2.75) is 4.57 Å². The predicted octanol–water partition coefficient (Wildman–Crippen LogP) is 5.77. The monoisotopic (exact) mass is 475 g/mol. The van der Waals surface area contributed by atoms with Crippen LogP contribution in [0.1, 0.15) is 20.5 Å². The van der Waals surface area contributed by atoms with Crippen LogP contribution in [0.5, 0.6) is 0 Å². The summed E-state index contributed by atoms with van der Waals surface area (Å²) >= 11 is 4.03. The highest BCUT2D eigenvalue weighted by atomic mass is 79.9. The van der Waals surface area contributed by atoms with Gasteiger partial charge in [0.15, 0.2) is 4.57 Å². The first-order chi connectivity index (χ1) is 14.7. The molecule has 4 heteroatoms. The van der Waals surface area contributed by atoms with Gasteiger partial charge < -0.3 is 5.11 Å². The first-order valence-electron chi connectivity index (χ1n) is 9.67. The van der Waals surface area contributed by atoms with Gasteiger partial charge in [-0.05, 0) is 58.4 Å². The van der Waals surface area contributed by atoms with Gasteiger partial charge in [0.05, 0.1) is 5.56 Å². The van der Waals surface area contributed by atoms with Crippen LogP contribution in [0.15, 0.2) is 115 Å². The Hall–Kier alpha value is -2.74. The minimum absolute atomic E-state index is 0.204. The van der Waals surface area contributed by atoms with E-state index in [2.05, 4.69) is 88.7 Å². The van der Waals surface area contributed by atoms with E-state index in [4.69, 9.17) is 0 Å². The molecule has 1 N–H and O–H groups in total. The SMILES string of the molecule is O=C(O)c1ccccc1C(Br)[P+](c1ccccc1)(c1ccccc1)c1ccccc1. The summed E-state index contributed by atoms with van der Waals surface area (Å²) in [7, 11) is -2.28. The van der Waals surface area contributed by atoms with Crippen molar-refractivity contribution in [2.75, 3.05) is 0 Å². The van der Waals surface area contributed by atoms with E-state index in [1.807, 2.05) is 30.3 Å². The van der Waals surface area contributed by atoms with E-state index >= 15 is 0 Å². The highest BCUT2D eigenvalue weighted by molar-refractivity contribution is 9.10. The summed E-state index contributed by atoms with van der Waals surface area (Å²) in [5, 5.41) is 13.5. The molecule has 4 aromatic rings. The maximum absolute atomic E-state index is 12.1. The van der Waals surface area contributed by atoms with Crippen LogP contribution >= 0.6 is 23.2 Å². The molecule has 0 radical (unpaired) electrons. The third-order valence-electron chi connectivity index (χ3n) is 5.28. The summed E-state index contributed by atoms with van der Waals surface area (Å²) in [5.41, 5.74) is 1.11. The number of hydrogen-bond donors (Lipinski definition) is 1. The molecule has 4 aromatic carbocycles. The first-order valence-corrected chi connectivity index (χ1v) is 12.4. The van der Waals surface area contributed by atoms with Gasteiger partial charge in [-0.2, -0.15) is 0 Å². The van der Waals surface area contributed by atoms with Crippen molar-refractivity contribution in [1.82, 2.24) is 0 Å². The fraction of sp³-hybridized carbons (Fsp3) is 0.0385. The van der Waals surface area contributed by atoms with Crippen molar-refractivity contribution in [2.24, 2.45) is 0 Å². The minimum Gasteiger partial charge on any atom is -0.478 e. The number of aromatic carboxylic acids is 1. The van der Waals surface area contributed by atoms with E-state index in [-0.39, 0.29) is 4.57 Å². The Morgan fingerprint density at radius 2 is 1.00 bits per heavy atom. The van der Waals surface area contributed by atoms with E-state index in [1.165, 1.54) is 15.9 Å². The maximum Gasteiger partial charge on any atom is 0.336 e. The van der Waals surface area contributed by atoms with E-state index in [1.54, 1.807) is 12.1 Å². The smallest absolute Gasteiger partial charge is 0.336 e. The van der Waals surface area contributed by atoms with Crippen molar-refractivity contribution < 1.29 is 9.90 Å². The number of rotatable bonds is 6. The summed E-state index contributed by atoms with van der Waals surface area (Å²) in [6.07, 6.45) is 0. The molecule has 0 saturated carbocycles. The van der Waals surface area contributed by atoms with Gasteiger partial charge in [-0.3, -0.25) is 0 Å². The van der Waals surface area contributed by atoms with Crippen LogP contribution < -0.4 is 15.9 Å². The Morgan fingerprint density at radius 1 is 0.633 bits per heavy atom. The molecule has 0 aromatic heterocycles. The van der Waals surface area contributed by atoms with Crippen molar-refractivity contribution in [3.63, 3.8) is 0 Å². The Bertz CT molecular complexity index is 1030. The van der Waals surface area contributed by atoms with Gasteiger partial charge in [0, 0.05) is 5.56 Å². The molecule has 4 rings (SSSR count). The minimum atomic E-state index is -2.28. The largest absolute Gasteiger partial charge is 0.478 e. The molecular formula is C26H21BrO2P+. The van der Waals surface area contributed by atoms with Crippen LogP contribution in [0.4, 0.5) is 0 Å². The van der Waals surface area contributed by atoms with Gasteiger partial charge >= 0.3 is 5.97 Å². The molecule has 30 heavy (non-hydrogen) atoms. The van der Waals surface area contributed by atoms with Crippen molar-refractivity contribution >= 4 is 45.1 Å². The first kappa shape index (κ1) is 20.5. The quantitative estimate of drug-likeness (QED) is 0.283. The lowest BCUT2D eigenvalue weighted by atomic mass is 10.1. The lowest BCUT2D eigenvalue weighted by molar-refractivity contribution is 0.0696. The Morgan fingerprint density at radius 3 is 1.40 bits per heavy atom. The van der Waals surface area contributed by atoms with Gasteiger partial charge in [-0.15, -0.1) is 0 Å². The predicted molar refractivity (Wildman–Crippen MR) is 130 cm³/mol. The number of alkyl halides is 1. The van der Waals surface area contributed by atoms with Crippen LogP contribution in [-0.2, 0) is 0 Å². The molecule has 0 aliphatic heterocycles. The maximum atomic E-state index is 12.1. The average Bonchev–Trinajstić information content (AvgIpc) is 2.81. The zero-order valence-corrected chi connectivity index (χ0v) is 18.7. The molecule has 0 aliphatic carbocycles. The fourth-order valence-electron chi connectivity index (χ4n) is 3.94. The standard InChI is InChI=1S/C26H20BrO2P/c27-25(23-18-10-11-19-24(23)26(28)29)30(20-12-4-1-5-13-20,21-14-6-2-7-15-21)22-16-8-3-9-17-22/h1-19,25H/p+1. The molecule has 2 nitrogen and oxygen atoms in total. The van der Waals surface area contributed by atoms with Gasteiger partial charge in [0.2, 0.25) is 0 Å². The van der Waals surface area contributed by atoms with Gasteiger partial charge in [0.25, 0.3) is 0 Å². The molecule has 148 valence electrons. The molecule has 1 unspecified atom stereocenters. The van der Waals surface area contributed by atoms with Crippen LogP contribution in [0, 0.1) is 0 Å². The van der Waals surface area contributed by atoms with Gasteiger partial charge in [0.1, 0.15) is 23.2 Å². The van der Waals surface area contributed by atoms with Crippen molar-refractivity contribution in [3.05, 3.63) is 126 Å². The second kappa shape index (κ2) is 8.95. The van der Waals surface area contributed by atoms with Gasteiger partial charge in [-0.25, -0.2) is 4.79 Å². The highest BCUT2D eigenvalue weighted by Gasteiger charge is 2.52. The molecule has 0 heterocycles. The summed E-state index contributed by atoms with van der Waals surface area (Å²) in [5.74, 6) is -0.915. The average molecular weight is 476 g/mol. The number of halogens is 1. The summed E-state index contributed by atoms with van der Waals surface area (Å²) in [6, 6.07) is 38.6. The molecule has 0 fully saturated rings. The lowest BCUT2D eigenvalue weighted by Gasteiger charge is -2.32. The molecule has 0 saturated heterocycles. The Kier molecular flexibility index (Phi) is 6.13. The topological polar surface area (TPSA) is 37.3 Å². The highest BCUT2D eigenvalue weighted by Crippen LogP contribution is 2.69. The normalized spacial score (nSPS) is 12.3. The molecular weight excluding hydrogens is 455 g/mol. The Labute approximate surface area is 185 Å². The summed E-state index contributed by atoms with van der Waals surface area (Å²) in [6.45, 7) is 0. The summed E-state index contributed by atoms with van der Waals surface area (Å²) in [4.78, 5) is 12.1. The van der Waals surface area contributed by atoms with E-state index in [9.17, 15) is 9.90 Å². The zero-order chi connectivity index (χ0) is 21.0. The van der Waals surface area contributed by atoms with E-state index in [0.29, 0.717) is 5.56 Å². The molecule has 0 bridgehead atoms. The molecule has 0 aliphatic rings. The Balaban J connectivity index is 2.10. The number of benzene rings is 4. The van der Waals surface area contributed by atoms with Crippen molar-refractivity contribution in [3.8, 4) is 0 Å². The molecule has 0 spiro atoms. The van der Waals surface area contributed by atoms with Gasteiger partial charge in [-0.1, -0.05) is 72.8 Å². The second-order valence-corrected chi connectivity index (χ2v) is 12.1. The van der Waals surface area contributed by atoms with Crippen LogP contribution in [0.3, 0.4) is 0 Å². The lowest BCUT2D eigenvalue weighted by Crippen LogP contribution is -2.34. The van der Waals surface area contributed by atoms with Crippen LogP contribution in [0.2, 0.25) is 0 Å². The number of carboxylic acid groups (broad SMARTS) is 1. The third kappa shape index (κ3) is 3.60. The number of carbonyl (C=O) groups is 1. The fourth-order valence-corrected chi connectivity index (χ4v) is 10.7. The third-order valence-corrected chi connectivity index (χ3v) is 11.9. The summed E-state index contributed by atoms with van der Waals surface area (Å²) < 4.78 is -0.204. The van der Waals surface area contributed by atoms with Crippen LogP contribution in [0.25, 0.3) is 0 Å². The van der Waals surface area contributed by atoms with E-state index in [0.717, 1.165) is 5.56 Å². The van der Waals surface area contributed by atoms with Crippen molar-refractivity contribution in [1.29, 1.82) is 0 Å².